The largest absolute Gasteiger partial charge is 0.444 e. The number of alkyl carbamates (subject to hydrolysis) is 1. The third-order valence-electron chi connectivity index (χ3n) is 5.40. The lowest BCUT2D eigenvalue weighted by Crippen LogP contribution is -2.52. The molecule has 0 saturated carbocycles. The summed E-state index contributed by atoms with van der Waals surface area (Å²) in [5.41, 5.74) is 1.60. The SMILES string of the molecule is CCN(C(=O)C(CC(C)C)NC(=O)OC(C)(C)C)C(C(=O)Nc1ccccc1C)c1ccccc1. The number of likely N-dealkylation sites (N-methyl/N-ethyl adjacent to an activating group) is 1. The molecule has 7 heteroatoms. The van der Waals surface area contributed by atoms with E-state index in [0.29, 0.717) is 17.7 Å². The minimum atomic E-state index is -0.872. The highest BCUT2D eigenvalue weighted by Crippen LogP contribution is 2.26. The van der Waals surface area contributed by atoms with Crippen molar-refractivity contribution in [2.75, 3.05) is 11.9 Å². The molecule has 2 aromatic rings. The number of nitrogens with zero attached hydrogens (tertiary/aromatic N) is 1. The Morgan fingerprint density at radius 1 is 0.971 bits per heavy atom. The molecule has 0 saturated heterocycles. The molecule has 2 atom stereocenters. The number of hydrogen-bond acceptors (Lipinski definition) is 4. The number of rotatable bonds is 9. The molecule has 0 bridgehead atoms. The number of carbonyl (C=O) groups is 3. The smallest absolute Gasteiger partial charge is 0.408 e. The van der Waals surface area contributed by atoms with Crippen molar-refractivity contribution in [2.45, 2.75) is 72.6 Å². The van der Waals surface area contributed by atoms with Crippen LogP contribution in [0.4, 0.5) is 10.5 Å². The molecule has 0 radical (unpaired) electrons. The van der Waals surface area contributed by atoms with E-state index in [2.05, 4.69) is 10.6 Å². The van der Waals surface area contributed by atoms with E-state index in [1.165, 1.54) is 4.90 Å². The van der Waals surface area contributed by atoms with Gasteiger partial charge in [-0.05, 0) is 64.2 Å². The second kappa shape index (κ2) is 12.4. The summed E-state index contributed by atoms with van der Waals surface area (Å²) in [5, 5.41) is 5.72. The van der Waals surface area contributed by atoms with E-state index < -0.39 is 23.8 Å². The van der Waals surface area contributed by atoms with Gasteiger partial charge in [0.2, 0.25) is 5.91 Å². The van der Waals surface area contributed by atoms with Crippen LogP contribution in [0.3, 0.4) is 0 Å². The summed E-state index contributed by atoms with van der Waals surface area (Å²) in [6, 6.07) is 15.0. The summed E-state index contributed by atoms with van der Waals surface area (Å²) in [5.74, 6) is -0.518. The lowest BCUT2D eigenvalue weighted by atomic mass is 9.99. The summed E-state index contributed by atoms with van der Waals surface area (Å²) in [6.07, 6.45) is -0.247. The fourth-order valence-corrected chi connectivity index (χ4v) is 3.83. The Morgan fingerprint density at radius 3 is 2.11 bits per heavy atom. The number of aryl methyl sites for hydroxylation is 1. The first-order chi connectivity index (χ1) is 16.4. The molecule has 0 aliphatic rings. The molecule has 35 heavy (non-hydrogen) atoms. The number of para-hydroxylation sites is 1. The molecule has 0 aliphatic heterocycles. The van der Waals surface area contributed by atoms with Gasteiger partial charge in [-0.1, -0.05) is 62.4 Å². The van der Waals surface area contributed by atoms with Crippen LogP contribution in [-0.2, 0) is 14.3 Å². The predicted molar refractivity (Wildman–Crippen MR) is 139 cm³/mol. The first-order valence-corrected chi connectivity index (χ1v) is 12.1. The van der Waals surface area contributed by atoms with Crippen LogP contribution >= 0.6 is 0 Å². The number of hydrogen-bond donors (Lipinski definition) is 2. The highest BCUT2D eigenvalue weighted by atomic mass is 16.6. The monoisotopic (exact) mass is 481 g/mol. The van der Waals surface area contributed by atoms with E-state index >= 15 is 0 Å². The summed E-state index contributed by atoms with van der Waals surface area (Å²) < 4.78 is 5.40. The molecule has 3 amide bonds. The molecule has 0 aliphatic carbocycles. The van der Waals surface area contributed by atoms with Gasteiger partial charge in [0.05, 0.1) is 0 Å². The summed E-state index contributed by atoms with van der Waals surface area (Å²) >= 11 is 0. The molecule has 190 valence electrons. The summed E-state index contributed by atoms with van der Waals surface area (Å²) in [4.78, 5) is 41.5. The Hall–Kier alpha value is -3.35. The van der Waals surface area contributed by atoms with Crippen molar-refractivity contribution in [3.8, 4) is 0 Å². The molecule has 0 fully saturated rings. The number of benzene rings is 2. The second-order valence-electron chi connectivity index (χ2n) is 10.1. The van der Waals surface area contributed by atoms with Crippen LogP contribution in [-0.4, -0.2) is 41.0 Å². The van der Waals surface area contributed by atoms with E-state index in [1.54, 1.807) is 20.8 Å². The Kier molecular flexibility index (Phi) is 9.87. The number of nitrogens with one attached hydrogen (secondary N) is 2. The first kappa shape index (κ1) is 27.9. The molecule has 0 aromatic heterocycles. The normalized spacial score (nSPS) is 13.0. The topological polar surface area (TPSA) is 87.7 Å². The van der Waals surface area contributed by atoms with Gasteiger partial charge in [-0.3, -0.25) is 9.59 Å². The third-order valence-corrected chi connectivity index (χ3v) is 5.40. The van der Waals surface area contributed by atoms with Crippen LogP contribution in [0.2, 0.25) is 0 Å². The zero-order valence-corrected chi connectivity index (χ0v) is 21.9. The molecule has 2 rings (SSSR count). The molecule has 2 unspecified atom stereocenters. The van der Waals surface area contributed by atoms with Crippen LogP contribution in [0, 0.1) is 12.8 Å². The molecule has 2 N–H and O–H groups in total. The molecule has 7 nitrogen and oxygen atoms in total. The summed E-state index contributed by atoms with van der Waals surface area (Å²) in [6.45, 7) is 13.3. The number of anilines is 1. The lowest BCUT2D eigenvalue weighted by molar-refractivity contribution is -0.140. The zero-order valence-electron chi connectivity index (χ0n) is 21.9. The number of amides is 3. The van der Waals surface area contributed by atoms with Crippen molar-refractivity contribution in [2.24, 2.45) is 5.92 Å². The molecule has 2 aromatic carbocycles. The molecule has 0 heterocycles. The Labute approximate surface area is 209 Å². The van der Waals surface area contributed by atoms with Gasteiger partial charge in [-0.25, -0.2) is 4.79 Å². The van der Waals surface area contributed by atoms with Crippen molar-refractivity contribution in [3.05, 3.63) is 65.7 Å². The first-order valence-electron chi connectivity index (χ1n) is 12.1. The zero-order chi connectivity index (χ0) is 26.2. The van der Waals surface area contributed by atoms with Gasteiger partial charge >= 0.3 is 6.09 Å². The van der Waals surface area contributed by atoms with Crippen LogP contribution < -0.4 is 10.6 Å². The van der Waals surface area contributed by atoms with Gasteiger partial charge in [-0.15, -0.1) is 0 Å². The van der Waals surface area contributed by atoms with Gasteiger partial charge in [0, 0.05) is 12.2 Å². The van der Waals surface area contributed by atoms with Crippen LogP contribution in [0.25, 0.3) is 0 Å². The van der Waals surface area contributed by atoms with Crippen LogP contribution in [0.5, 0.6) is 0 Å². The van der Waals surface area contributed by atoms with Crippen molar-refractivity contribution in [1.29, 1.82) is 0 Å². The predicted octanol–water partition coefficient (Wildman–Crippen LogP) is 5.46. The van der Waals surface area contributed by atoms with E-state index in [9.17, 15) is 14.4 Å². The molecular formula is C28H39N3O4. The fourth-order valence-electron chi connectivity index (χ4n) is 3.83. The lowest BCUT2D eigenvalue weighted by Gasteiger charge is -2.34. The van der Waals surface area contributed by atoms with E-state index in [4.69, 9.17) is 4.74 Å². The Bertz CT molecular complexity index is 999. The van der Waals surface area contributed by atoms with E-state index in [0.717, 1.165) is 5.56 Å². The molecule has 0 spiro atoms. The maximum absolute atomic E-state index is 13.8. The van der Waals surface area contributed by atoms with Crippen molar-refractivity contribution < 1.29 is 19.1 Å². The Morgan fingerprint density at radius 2 is 1.57 bits per heavy atom. The number of ether oxygens (including phenoxy) is 1. The fraction of sp³-hybridized carbons (Fsp3) is 0.464. The highest BCUT2D eigenvalue weighted by molar-refractivity contribution is 5.99. The van der Waals surface area contributed by atoms with Crippen molar-refractivity contribution in [3.63, 3.8) is 0 Å². The maximum Gasteiger partial charge on any atom is 0.408 e. The van der Waals surface area contributed by atoms with Gasteiger partial charge in [-0.2, -0.15) is 0 Å². The quantitative estimate of drug-likeness (QED) is 0.498. The standard InChI is InChI=1S/C28H39N3O4/c1-8-31(26(33)23(18-19(2)3)30-27(34)35-28(5,6)7)24(21-15-10-9-11-16-21)25(32)29-22-17-13-12-14-20(22)4/h9-17,19,23-24H,8,18H2,1-7H3,(H,29,32)(H,30,34). The minimum absolute atomic E-state index is 0.133. The van der Waals surface area contributed by atoms with Crippen LogP contribution in [0.15, 0.2) is 54.6 Å². The average molecular weight is 482 g/mol. The van der Waals surface area contributed by atoms with Gasteiger partial charge in [0.25, 0.3) is 5.91 Å². The summed E-state index contributed by atoms with van der Waals surface area (Å²) in [7, 11) is 0. The molecular weight excluding hydrogens is 442 g/mol. The van der Waals surface area contributed by atoms with Gasteiger partial charge < -0.3 is 20.3 Å². The maximum atomic E-state index is 13.8. The number of carbonyl (C=O) groups excluding carboxylic acids is 3. The van der Waals surface area contributed by atoms with E-state index in [1.807, 2.05) is 82.3 Å². The van der Waals surface area contributed by atoms with Gasteiger partial charge in [0.15, 0.2) is 0 Å². The third kappa shape index (κ3) is 8.42. The second-order valence-corrected chi connectivity index (χ2v) is 10.1. The average Bonchev–Trinajstić information content (AvgIpc) is 2.77. The van der Waals surface area contributed by atoms with Crippen LogP contribution in [0.1, 0.15) is 65.1 Å². The van der Waals surface area contributed by atoms with Crippen molar-refractivity contribution >= 4 is 23.6 Å². The minimum Gasteiger partial charge on any atom is -0.444 e. The van der Waals surface area contributed by atoms with Crippen molar-refractivity contribution in [1.82, 2.24) is 10.2 Å². The van der Waals surface area contributed by atoms with E-state index in [-0.39, 0.29) is 24.3 Å². The highest BCUT2D eigenvalue weighted by Gasteiger charge is 2.35. The Balaban J connectivity index is 2.41. The van der Waals surface area contributed by atoms with Gasteiger partial charge in [0.1, 0.15) is 17.7 Å².